The summed E-state index contributed by atoms with van der Waals surface area (Å²) in [5.74, 6) is 0.584. The quantitative estimate of drug-likeness (QED) is 0.461. The third-order valence-corrected chi connectivity index (χ3v) is 4.55. The Morgan fingerprint density at radius 2 is 2.17 bits per heavy atom. The molecular weight excluding hydrogens is 310 g/mol. The Kier molecular flexibility index (Phi) is 3.34. The summed E-state index contributed by atoms with van der Waals surface area (Å²) in [6, 6.07) is 9.57. The molecule has 3 aromatic heterocycles. The summed E-state index contributed by atoms with van der Waals surface area (Å²) >= 11 is 1.34. The summed E-state index contributed by atoms with van der Waals surface area (Å²) < 4.78 is 1.60. The van der Waals surface area contributed by atoms with E-state index in [-0.39, 0.29) is 11.0 Å². The van der Waals surface area contributed by atoms with Crippen LogP contribution in [-0.2, 0) is 0 Å². The van der Waals surface area contributed by atoms with E-state index in [4.69, 9.17) is 0 Å². The first kappa shape index (κ1) is 14.0. The Hall–Kier alpha value is -2.67. The van der Waals surface area contributed by atoms with Gasteiger partial charge in [-0.05, 0) is 19.1 Å². The average Bonchev–Trinajstić information content (AvgIpc) is 3.17. The van der Waals surface area contributed by atoms with Crippen molar-refractivity contribution >= 4 is 34.2 Å². The molecule has 0 aliphatic rings. The number of thioether (sulfide) groups is 1. The molecule has 1 atom stereocenters. The van der Waals surface area contributed by atoms with Crippen molar-refractivity contribution in [2.24, 2.45) is 0 Å². The van der Waals surface area contributed by atoms with Crippen LogP contribution in [0.15, 0.2) is 54.1 Å². The maximum Gasteiger partial charge on any atom is 0.253 e. The normalized spacial score (nSPS) is 12.7. The first-order chi connectivity index (χ1) is 11.2. The van der Waals surface area contributed by atoms with Crippen LogP contribution in [0.2, 0.25) is 0 Å². The molecule has 0 radical (unpaired) electrons. The molecule has 1 N–H and O–H groups in total. The Bertz CT molecular complexity index is 973. The summed E-state index contributed by atoms with van der Waals surface area (Å²) in [5.41, 5.74) is 1.66. The lowest BCUT2D eigenvalue weighted by Crippen LogP contribution is -2.13. The fraction of sp³-hybridized carbons (Fsp3) is 0.125. The number of ketones is 1. The highest BCUT2D eigenvalue weighted by Crippen LogP contribution is 2.26. The van der Waals surface area contributed by atoms with Crippen LogP contribution in [0.25, 0.3) is 16.7 Å². The van der Waals surface area contributed by atoms with Gasteiger partial charge in [-0.2, -0.15) is 4.98 Å². The van der Waals surface area contributed by atoms with Crippen molar-refractivity contribution < 1.29 is 4.79 Å². The van der Waals surface area contributed by atoms with E-state index < -0.39 is 0 Å². The monoisotopic (exact) mass is 323 g/mol. The number of carbonyl (C=O) groups excluding carboxylic acids is 1. The minimum atomic E-state index is -0.286. The van der Waals surface area contributed by atoms with Gasteiger partial charge in [0, 0.05) is 35.1 Å². The zero-order valence-electron chi connectivity index (χ0n) is 12.3. The topological polar surface area (TPSA) is 75.9 Å². The fourth-order valence-corrected chi connectivity index (χ4v) is 3.29. The summed E-state index contributed by atoms with van der Waals surface area (Å²) in [7, 11) is 0. The number of fused-ring (bicyclic) bond motifs is 2. The number of rotatable bonds is 4. The number of carbonyl (C=O) groups is 1. The molecule has 4 rings (SSSR count). The Morgan fingerprint density at radius 1 is 1.30 bits per heavy atom. The van der Waals surface area contributed by atoms with Crippen LogP contribution in [0.5, 0.6) is 0 Å². The van der Waals surface area contributed by atoms with E-state index in [1.807, 2.05) is 31.2 Å². The maximum absolute atomic E-state index is 12.7. The number of para-hydroxylation sites is 1. The van der Waals surface area contributed by atoms with Crippen LogP contribution < -0.4 is 0 Å². The molecule has 0 spiro atoms. The number of Topliss-reactive ketones (excluding diaryl/α,β-unsaturated/α-hetero) is 1. The van der Waals surface area contributed by atoms with Gasteiger partial charge in [0.05, 0.1) is 5.25 Å². The zero-order valence-corrected chi connectivity index (χ0v) is 13.1. The zero-order chi connectivity index (χ0) is 15.8. The fourth-order valence-electron chi connectivity index (χ4n) is 2.47. The van der Waals surface area contributed by atoms with Crippen molar-refractivity contribution in [2.45, 2.75) is 17.3 Å². The predicted molar refractivity (Wildman–Crippen MR) is 88.7 cm³/mol. The molecule has 1 unspecified atom stereocenters. The maximum atomic E-state index is 12.7. The van der Waals surface area contributed by atoms with Gasteiger partial charge in [0.25, 0.3) is 5.78 Å². The summed E-state index contributed by atoms with van der Waals surface area (Å²) in [5, 5.41) is 5.52. The highest BCUT2D eigenvalue weighted by atomic mass is 32.2. The van der Waals surface area contributed by atoms with Crippen LogP contribution in [0.3, 0.4) is 0 Å². The van der Waals surface area contributed by atoms with E-state index in [0.717, 1.165) is 10.9 Å². The van der Waals surface area contributed by atoms with Gasteiger partial charge in [0.2, 0.25) is 5.16 Å². The molecule has 0 amide bonds. The van der Waals surface area contributed by atoms with Crippen molar-refractivity contribution in [1.29, 1.82) is 0 Å². The molecule has 23 heavy (non-hydrogen) atoms. The highest BCUT2D eigenvalue weighted by Gasteiger charge is 2.21. The third-order valence-electron chi connectivity index (χ3n) is 3.60. The van der Waals surface area contributed by atoms with Gasteiger partial charge in [0.1, 0.15) is 0 Å². The minimum absolute atomic E-state index is 0.0549. The van der Waals surface area contributed by atoms with E-state index in [0.29, 0.717) is 16.5 Å². The summed E-state index contributed by atoms with van der Waals surface area (Å²) in [6.07, 6.45) is 5.22. The van der Waals surface area contributed by atoms with Gasteiger partial charge in [-0.1, -0.05) is 30.0 Å². The average molecular weight is 323 g/mol. The minimum Gasteiger partial charge on any atom is -0.360 e. The van der Waals surface area contributed by atoms with Gasteiger partial charge in [-0.15, -0.1) is 5.10 Å². The number of hydrogen-bond acceptors (Lipinski definition) is 5. The van der Waals surface area contributed by atoms with E-state index in [2.05, 4.69) is 20.1 Å². The van der Waals surface area contributed by atoms with Crippen molar-refractivity contribution in [3.63, 3.8) is 0 Å². The number of nitrogens with one attached hydrogen (secondary N) is 1. The van der Waals surface area contributed by atoms with Crippen LogP contribution in [-0.4, -0.2) is 35.6 Å². The van der Waals surface area contributed by atoms with Crippen LogP contribution in [0.4, 0.5) is 0 Å². The number of nitrogens with zero attached hydrogens (tertiary/aromatic N) is 4. The molecule has 0 saturated carbocycles. The van der Waals surface area contributed by atoms with Crippen LogP contribution in [0, 0.1) is 0 Å². The van der Waals surface area contributed by atoms with Crippen molar-refractivity contribution in [3.8, 4) is 0 Å². The Labute approximate surface area is 136 Å². The molecular formula is C16H13N5OS. The molecule has 0 aliphatic heterocycles. The molecule has 1 aromatic carbocycles. The highest BCUT2D eigenvalue weighted by molar-refractivity contribution is 8.00. The van der Waals surface area contributed by atoms with Crippen LogP contribution in [0.1, 0.15) is 17.3 Å². The summed E-state index contributed by atoms with van der Waals surface area (Å²) in [6.45, 7) is 1.87. The first-order valence-corrected chi connectivity index (χ1v) is 8.05. The number of aromatic amines is 1. The lowest BCUT2D eigenvalue weighted by atomic mass is 10.1. The first-order valence-electron chi connectivity index (χ1n) is 7.17. The van der Waals surface area contributed by atoms with Gasteiger partial charge in [0.15, 0.2) is 5.78 Å². The molecule has 0 fully saturated rings. The molecule has 7 heteroatoms. The molecule has 4 aromatic rings. The predicted octanol–water partition coefficient (Wildman–Crippen LogP) is 2.97. The van der Waals surface area contributed by atoms with E-state index in [1.165, 1.54) is 11.8 Å². The SMILES string of the molecule is CC(Sc1nc2ncccn2n1)C(=O)c1c[nH]c2ccccc12. The molecule has 114 valence electrons. The standard InChI is InChI=1S/C16H13N5OS/c1-10(23-16-19-15-17-7-4-8-21(15)20-16)14(22)12-9-18-13-6-3-2-5-11(12)13/h2-10,18H,1H3. The van der Waals surface area contributed by atoms with Crippen molar-refractivity contribution in [1.82, 2.24) is 24.6 Å². The lowest BCUT2D eigenvalue weighted by Gasteiger charge is -2.06. The Morgan fingerprint density at radius 3 is 3.04 bits per heavy atom. The van der Waals surface area contributed by atoms with Gasteiger partial charge in [-0.3, -0.25) is 4.79 Å². The molecule has 6 nitrogen and oxygen atoms in total. The molecule has 0 aliphatic carbocycles. The summed E-state index contributed by atoms with van der Waals surface area (Å²) in [4.78, 5) is 24.3. The van der Waals surface area contributed by atoms with E-state index in [1.54, 1.807) is 29.2 Å². The number of H-pyrrole nitrogens is 1. The van der Waals surface area contributed by atoms with Crippen molar-refractivity contribution in [2.75, 3.05) is 0 Å². The Balaban J connectivity index is 1.60. The second kappa shape index (κ2) is 5.51. The number of benzene rings is 1. The second-order valence-electron chi connectivity index (χ2n) is 5.13. The smallest absolute Gasteiger partial charge is 0.253 e. The van der Waals surface area contributed by atoms with Gasteiger partial charge in [-0.25, -0.2) is 9.50 Å². The van der Waals surface area contributed by atoms with Gasteiger partial charge < -0.3 is 4.98 Å². The molecule has 0 bridgehead atoms. The van der Waals surface area contributed by atoms with E-state index in [9.17, 15) is 4.79 Å². The van der Waals surface area contributed by atoms with E-state index >= 15 is 0 Å². The van der Waals surface area contributed by atoms with Gasteiger partial charge >= 0.3 is 0 Å². The molecule has 3 heterocycles. The lowest BCUT2D eigenvalue weighted by molar-refractivity contribution is 0.0995. The number of aromatic nitrogens is 5. The van der Waals surface area contributed by atoms with Crippen LogP contribution >= 0.6 is 11.8 Å². The van der Waals surface area contributed by atoms with Crippen molar-refractivity contribution in [3.05, 3.63) is 54.5 Å². The third kappa shape index (κ3) is 2.49. The second-order valence-corrected chi connectivity index (χ2v) is 6.44. The number of hydrogen-bond donors (Lipinski definition) is 1. The molecule has 0 saturated heterocycles. The largest absolute Gasteiger partial charge is 0.360 e.